The number of rotatable bonds is 3. The monoisotopic (exact) mass is 327 g/mol. The summed E-state index contributed by atoms with van der Waals surface area (Å²) in [5.41, 5.74) is 6.32. The van der Waals surface area contributed by atoms with Crippen molar-refractivity contribution < 1.29 is 4.79 Å². The van der Waals surface area contributed by atoms with Gasteiger partial charge in [0.2, 0.25) is 5.91 Å². The minimum Gasteiger partial charge on any atom is -0.324 e. The van der Waals surface area contributed by atoms with Crippen LogP contribution < -0.4 is 5.32 Å². The van der Waals surface area contributed by atoms with Gasteiger partial charge in [-0.25, -0.2) is 0 Å². The average Bonchev–Trinajstić information content (AvgIpc) is 2.91. The van der Waals surface area contributed by atoms with Crippen molar-refractivity contribution in [2.24, 2.45) is 0 Å². The van der Waals surface area contributed by atoms with Gasteiger partial charge >= 0.3 is 0 Å². The summed E-state index contributed by atoms with van der Waals surface area (Å²) in [5, 5.41) is 3.32. The molecular formula is C20H29N3O. The molecule has 0 spiro atoms. The first-order valence-electron chi connectivity index (χ1n) is 9.87. The third kappa shape index (κ3) is 3.34. The van der Waals surface area contributed by atoms with Crippen molar-refractivity contribution in [3.8, 4) is 0 Å². The van der Waals surface area contributed by atoms with Gasteiger partial charge in [0.15, 0.2) is 0 Å². The Kier molecular flexibility index (Phi) is 4.83. The maximum atomic E-state index is 12.7. The third-order valence-electron chi connectivity index (χ3n) is 5.83. The lowest BCUT2D eigenvalue weighted by Gasteiger charge is -2.24. The molecule has 1 aromatic rings. The maximum absolute atomic E-state index is 12.7. The van der Waals surface area contributed by atoms with Crippen molar-refractivity contribution in [3.63, 3.8) is 0 Å². The van der Waals surface area contributed by atoms with Gasteiger partial charge in [-0.2, -0.15) is 0 Å². The Labute approximate surface area is 145 Å². The number of carbonyl (C=O) groups is 1. The predicted molar refractivity (Wildman–Crippen MR) is 96.4 cm³/mol. The van der Waals surface area contributed by atoms with Gasteiger partial charge in [0.05, 0.1) is 12.2 Å². The molecule has 4 heteroatoms. The van der Waals surface area contributed by atoms with Gasteiger partial charge in [0, 0.05) is 11.4 Å². The van der Waals surface area contributed by atoms with Crippen LogP contribution in [0.1, 0.15) is 67.5 Å². The third-order valence-corrected chi connectivity index (χ3v) is 5.83. The molecule has 1 aromatic heterocycles. The minimum absolute atomic E-state index is 0.171. The molecule has 0 atom stereocenters. The Bertz CT molecular complexity index is 618. The normalized spacial score (nSPS) is 21.0. The molecular weight excluding hydrogens is 298 g/mol. The van der Waals surface area contributed by atoms with Crippen LogP contribution in [0.3, 0.4) is 0 Å². The predicted octanol–water partition coefficient (Wildman–Crippen LogP) is 3.26. The van der Waals surface area contributed by atoms with E-state index in [-0.39, 0.29) is 5.91 Å². The van der Waals surface area contributed by atoms with E-state index in [9.17, 15) is 4.79 Å². The van der Waals surface area contributed by atoms with Crippen molar-refractivity contribution in [2.45, 2.75) is 70.6 Å². The van der Waals surface area contributed by atoms with Crippen LogP contribution in [0.15, 0.2) is 0 Å². The number of aryl methyl sites for hydroxylation is 2. The molecule has 0 bridgehead atoms. The van der Waals surface area contributed by atoms with E-state index in [1.54, 1.807) is 0 Å². The topological polar surface area (TPSA) is 45.2 Å². The van der Waals surface area contributed by atoms with E-state index >= 15 is 0 Å². The Balaban J connectivity index is 1.53. The summed E-state index contributed by atoms with van der Waals surface area (Å²) in [7, 11) is 0. The number of hydrogen-bond acceptors (Lipinski definition) is 3. The minimum atomic E-state index is 0.171. The summed E-state index contributed by atoms with van der Waals surface area (Å²) < 4.78 is 0. The number of likely N-dealkylation sites (tertiary alicyclic amines) is 1. The number of anilines is 1. The van der Waals surface area contributed by atoms with Crippen molar-refractivity contribution in [3.05, 3.63) is 22.5 Å². The number of nitrogens with zero attached hydrogens (tertiary/aromatic N) is 2. The molecule has 1 aliphatic heterocycles. The van der Waals surface area contributed by atoms with Gasteiger partial charge in [-0.1, -0.05) is 12.8 Å². The fourth-order valence-electron chi connectivity index (χ4n) is 4.57. The summed E-state index contributed by atoms with van der Waals surface area (Å²) in [5.74, 6) is 0.171. The zero-order valence-corrected chi connectivity index (χ0v) is 14.7. The number of aromatic nitrogens is 1. The van der Waals surface area contributed by atoms with Crippen molar-refractivity contribution in [2.75, 3.05) is 25.0 Å². The molecule has 1 fully saturated rings. The van der Waals surface area contributed by atoms with E-state index in [4.69, 9.17) is 4.98 Å². The standard InChI is InChI=1S/C20H29N3O/c24-19(14-23-12-5-1-2-6-13-23)22-20-15-8-3-4-10-17(15)21-18-11-7-9-16(18)20/h1-14H2,(H,21,22,24). The second kappa shape index (κ2) is 7.22. The first kappa shape index (κ1) is 16.1. The van der Waals surface area contributed by atoms with E-state index in [1.165, 1.54) is 67.5 Å². The van der Waals surface area contributed by atoms with Gasteiger partial charge in [-0.3, -0.25) is 14.7 Å². The van der Waals surface area contributed by atoms with Crippen LogP contribution in [0.5, 0.6) is 0 Å². The molecule has 24 heavy (non-hydrogen) atoms. The van der Waals surface area contributed by atoms with Crippen LogP contribution in [0.4, 0.5) is 5.69 Å². The average molecular weight is 327 g/mol. The van der Waals surface area contributed by atoms with Crippen LogP contribution in [0, 0.1) is 0 Å². The Morgan fingerprint density at radius 2 is 1.46 bits per heavy atom. The van der Waals surface area contributed by atoms with Gasteiger partial charge in [-0.15, -0.1) is 0 Å². The lowest BCUT2D eigenvalue weighted by molar-refractivity contribution is -0.117. The van der Waals surface area contributed by atoms with Crippen LogP contribution in [0.2, 0.25) is 0 Å². The van der Waals surface area contributed by atoms with Crippen LogP contribution in [-0.4, -0.2) is 35.4 Å². The van der Waals surface area contributed by atoms with Gasteiger partial charge < -0.3 is 5.32 Å². The number of amides is 1. The number of pyridine rings is 1. The molecule has 4 rings (SSSR count). The molecule has 0 aromatic carbocycles. The van der Waals surface area contributed by atoms with Crippen molar-refractivity contribution >= 4 is 11.6 Å². The number of fused-ring (bicyclic) bond motifs is 2. The largest absolute Gasteiger partial charge is 0.324 e. The molecule has 2 aliphatic carbocycles. The second-order valence-corrected chi connectivity index (χ2v) is 7.64. The fourth-order valence-corrected chi connectivity index (χ4v) is 4.57. The molecule has 0 saturated carbocycles. The summed E-state index contributed by atoms with van der Waals surface area (Å²) >= 11 is 0. The van der Waals surface area contributed by atoms with Gasteiger partial charge in [-0.05, 0) is 82.0 Å². The first-order chi connectivity index (χ1) is 11.8. The molecule has 0 unspecified atom stereocenters. The highest BCUT2D eigenvalue weighted by Gasteiger charge is 2.25. The smallest absolute Gasteiger partial charge is 0.238 e. The van der Waals surface area contributed by atoms with Crippen LogP contribution >= 0.6 is 0 Å². The van der Waals surface area contributed by atoms with E-state index in [2.05, 4.69) is 10.2 Å². The highest BCUT2D eigenvalue weighted by molar-refractivity contribution is 5.94. The molecule has 1 amide bonds. The number of hydrogen-bond donors (Lipinski definition) is 1. The molecule has 130 valence electrons. The highest BCUT2D eigenvalue weighted by atomic mass is 16.2. The molecule has 3 aliphatic rings. The molecule has 2 heterocycles. The Morgan fingerprint density at radius 3 is 2.21 bits per heavy atom. The number of carbonyl (C=O) groups excluding carboxylic acids is 1. The number of nitrogens with one attached hydrogen (secondary N) is 1. The zero-order valence-electron chi connectivity index (χ0n) is 14.7. The molecule has 1 N–H and O–H groups in total. The van der Waals surface area contributed by atoms with Crippen molar-refractivity contribution in [1.82, 2.24) is 9.88 Å². The summed E-state index contributed by atoms with van der Waals surface area (Å²) in [6.07, 6.45) is 13.0. The lowest BCUT2D eigenvalue weighted by atomic mass is 9.92. The fraction of sp³-hybridized carbons (Fsp3) is 0.700. The van der Waals surface area contributed by atoms with E-state index in [1.807, 2.05) is 0 Å². The van der Waals surface area contributed by atoms with Crippen LogP contribution in [-0.2, 0) is 30.5 Å². The molecule has 0 radical (unpaired) electrons. The molecule has 4 nitrogen and oxygen atoms in total. The molecule has 1 saturated heterocycles. The summed E-state index contributed by atoms with van der Waals surface area (Å²) in [4.78, 5) is 20.0. The highest BCUT2D eigenvalue weighted by Crippen LogP contribution is 2.35. The quantitative estimate of drug-likeness (QED) is 0.927. The lowest BCUT2D eigenvalue weighted by Crippen LogP contribution is -2.34. The first-order valence-corrected chi connectivity index (χ1v) is 9.87. The summed E-state index contributed by atoms with van der Waals surface area (Å²) in [6.45, 7) is 2.69. The Morgan fingerprint density at radius 1 is 0.833 bits per heavy atom. The van der Waals surface area contributed by atoms with Crippen molar-refractivity contribution in [1.29, 1.82) is 0 Å². The van der Waals surface area contributed by atoms with E-state index in [0.717, 1.165) is 44.5 Å². The zero-order chi connectivity index (χ0) is 16.4. The summed E-state index contributed by atoms with van der Waals surface area (Å²) in [6, 6.07) is 0. The SMILES string of the molecule is O=C(CN1CCCCCC1)Nc1c2c(nc3c1CCC3)CCCC2. The van der Waals surface area contributed by atoms with E-state index in [0.29, 0.717) is 6.54 Å². The Hall–Kier alpha value is -1.42. The maximum Gasteiger partial charge on any atom is 0.238 e. The van der Waals surface area contributed by atoms with Gasteiger partial charge in [0.1, 0.15) is 0 Å². The second-order valence-electron chi connectivity index (χ2n) is 7.64. The van der Waals surface area contributed by atoms with E-state index < -0.39 is 0 Å². The van der Waals surface area contributed by atoms with Crippen LogP contribution in [0.25, 0.3) is 0 Å². The van der Waals surface area contributed by atoms with Gasteiger partial charge in [0.25, 0.3) is 0 Å².